The van der Waals surface area contributed by atoms with Gasteiger partial charge in [-0.25, -0.2) is 8.42 Å². The van der Waals surface area contributed by atoms with Gasteiger partial charge in [0.2, 0.25) is 6.79 Å². The number of alkyl halides is 2. The number of hydrogen-bond acceptors (Lipinski definition) is 7. The van der Waals surface area contributed by atoms with Gasteiger partial charge in [0.25, 0.3) is 21.7 Å². The topological polar surface area (TPSA) is 118 Å². The minimum atomic E-state index is -4.08. The predicted octanol–water partition coefficient (Wildman–Crippen LogP) is 5.38. The molecule has 190 valence electrons. The summed E-state index contributed by atoms with van der Waals surface area (Å²) in [7, 11) is -4.08. The van der Waals surface area contributed by atoms with E-state index in [9.17, 15) is 27.3 Å². The molecule has 1 heterocycles. The Bertz CT molecular complexity index is 1520. The Morgan fingerprint density at radius 3 is 2.46 bits per heavy atom. The highest BCUT2D eigenvalue weighted by Gasteiger charge is 2.20. The average Bonchev–Trinajstić information content (AvgIpc) is 3.32. The van der Waals surface area contributed by atoms with Crippen molar-refractivity contribution in [3.63, 3.8) is 0 Å². The molecule has 8 nitrogen and oxygen atoms in total. The largest absolute Gasteiger partial charge is 0.454 e. The second-order valence-corrected chi connectivity index (χ2v) is 10.4. The molecular formula is C25H19F2N3O5S2. The lowest BCUT2D eigenvalue weighted by molar-refractivity contribution is -0.112. The van der Waals surface area contributed by atoms with Gasteiger partial charge in [0.1, 0.15) is 11.6 Å². The van der Waals surface area contributed by atoms with Crippen molar-refractivity contribution in [2.45, 2.75) is 22.5 Å². The van der Waals surface area contributed by atoms with E-state index in [1.807, 2.05) is 6.07 Å². The summed E-state index contributed by atoms with van der Waals surface area (Å²) in [6.07, 6.45) is 1.38. The monoisotopic (exact) mass is 543 g/mol. The van der Waals surface area contributed by atoms with Crippen molar-refractivity contribution in [3.05, 3.63) is 77.4 Å². The summed E-state index contributed by atoms with van der Waals surface area (Å²) < 4.78 is 64.0. The van der Waals surface area contributed by atoms with Gasteiger partial charge >= 0.3 is 0 Å². The van der Waals surface area contributed by atoms with Gasteiger partial charge in [0.15, 0.2) is 11.5 Å². The zero-order chi connectivity index (χ0) is 26.6. The van der Waals surface area contributed by atoms with Gasteiger partial charge in [-0.15, -0.1) is 0 Å². The van der Waals surface area contributed by atoms with Crippen LogP contribution in [0.25, 0.3) is 6.08 Å². The summed E-state index contributed by atoms with van der Waals surface area (Å²) in [5.41, 5.74) is 1.10. The number of carbonyl (C=O) groups excluding carboxylic acids is 1. The van der Waals surface area contributed by atoms with E-state index in [1.165, 1.54) is 48.5 Å². The van der Waals surface area contributed by atoms with Crippen LogP contribution in [0.1, 0.15) is 11.1 Å². The van der Waals surface area contributed by atoms with Crippen LogP contribution in [0.2, 0.25) is 0 Å². The first kappa shape index (κ1) is 26.0. The zero-order valence-electron chi connectivity index (χ0n) is 19.2. The van der Waals surface area contributed by atoms with Crippen LogP contribution in [-0.4, -0.2) is 26.9 Å². The quantitative estimate of drug-likeness (QED) is 0.222. The number of halogens is 2. The third-order valence-corrected chi connectivity index (χ3v) is 7.39. The average molecular weight is 544 g/mol. The van der Waals surface area contributed by atoms with Gasteiger partial charge in [-0.05, 0) is 72.7 Å². The van der Waals surface area contributed by atoms with Gasteiger partial charge in [-0.2, -0.15) is 14.0 Å². The fraction of sp³-hybridized carbons (Fsp3) is 0.120. The molecule has 2 N–H and O–H groups in total. The van der Waals surface area contributed by atoms with E-state index in [-0.39, 0.29) is 28.6 Å². The number of aryl methyl sites for hydroxylation is 1. The van der Waals surface area contributed by atoms with E-state index < -0.39 is 21.7 Å². The van der Waals surface area contributed by atoms with Crippen LogP contribution in [0.3, 0.4) is 0 Å². The lowest BCUT2D eigenvalue weighted by atomic mass is 10.1. The van der Waals surface area contributed by atoms with Crippen molar-refractivity contribution in [2.75, 3.05) is 16.8 Å². The minimum Gasteiger partial charge on any atom is -0.454 e. The number of ether oxygens (including phenoxy) is 2. The number of carbonyl (C=O) groups is 1. The summed E-state index contributed by atoms with van der Waals surface area (Å²) in [6, 6.07) is 16.6. The normalized spacial score (nSPS) is 12.8. The first-order chi connectivity index (χ1) is 17.6. The summed E-state index contributed by atoms with van der Waals surface area (Å²) >= 11 is 0.351. The first-order valence-corrected chi connectivity index (χ1v) is 13.0. The summed E-state index contributed by atoms with van der Waals surface area (Å²) in [5, 5.41) is 12.0. The smallest absolute Gasteiger partial charge is 0.288 e. The molecule has 0 atom stereocenters. The molecule has 1 amide bonds. The lowest BCUT2D eigenvalue weighted by Gasteiger charge is -2.13. The molecule has 1 aliphatic rings. The molecule has 0 aromatic heterocycles. The Balaban J connectivity index is 1.51. The SMILES string of the molecule is Cc1ccc(NC(=O)/C(C#N)=C\c2ccc3c(c2)OCO3)cc1S(=O)(=O)Nc1ccc(SC(F)F)cc1. The number of nitrogens with zero attached hydrogens (tertiary/aromatic N) is 1. The third kappa shape index (κ3) is 6.38. The van der Waals surface area contributed by atoms with Crippen molar-refractivity contribution in [3.8, 4) is 17.6 Å². The van der Waals surface area contributed by atoms with E-state index in [4.69, 9.17) is 9.47 Å². The van der Waals surface area contributed by atoms with E-state index in [0.29, 0.717) is 39.3 Å². The number of rotatable bonds is 8. The Morgan fingerprint density at radius 1 is 1.05 bits per heavy atom. The standard InChI is InChI=1S/C25H19F2N3O5S2/c1-15-2-4-19(12-23(15)37(32,33)30-18-5-7-20(8-6-18)36-25(26)27)29-24(31)17(13-28)10-16-3-9-21-22(11-16)35-14-34-21/h2-12,25,30H,14H2,1H3,(H,29,31)/b17-10-. The van der Waals surface area contributed by atoms with E-state index in [2.05, 4.69) is 10.0 Å². The fourth-order valence-electron chi connectivity index (χ4n) is 3.40. The molecule has 0 saturated heterocycles. The predicted molar refractivity (Wildman–Crippen MR) is 135 cm³/mol. The van der Waals surface area contributed by atoms with Gasteiger partial charge in [-0.1, -0.05) is 23.9 Å². The molecule has 0 unspecified atom stereocenters. The van der Waals surface area contributed by atoms with Gasteiger partial charge in [0.05, 0.1) is 4.90 Å². The van der Waals surface area contributed by atoms with Crippen LogP contribution in [0.15, 0.2) is 76.0 Å². The van der Waals surface area contributed by atoms with E-state index in [1.54, 1.807) is 25.1 Å². The summed E-state index contributed by atoms with van der Waals surface area (Å²) in [4.78, 5) is 12.9. The third-order valence-electron chi connectivity index (χ3n) is 5.14. The number of nitrogens with one attached hydrogen (secondary N) is 2. The van der Waals surface area contributed by atoms with Crippen LogP contribution < -0.4 is 19.5 Å². The molecule has 0 spiro atoms. The molecule has 0 radical (unpaired) electrons. The number of amides is 1. The second kappa shape index (κ2) is 10.9. The van der Waals surface area contributed by atoms with Crippen molar-refractivity contribution < 1.29 is 31.5 Å². The maximum atomic E-state index is 13.0. The fourth-order valence-corrected chi connectivity index (χ4v) is 5.23. The highest BCUT2D eigenvalue weighted by atomic mass is 32.2. The number of sulfonamides is 1. The number of hydrogen-bond donors (Lipinski definition) is 2. The van der Waals surface area contributed by atoms with Gasteiger partial charge < -0.3 is 14.8 Å². The molecule has 0 saturated carbocycles. The maximum absolute atomic E-state index is 13.0. The van der Waals surface area contributed by atoms with Crippen molar-refractivity contribution in [1.29, 1.82) is 5.26 Å². The molecule has 0 aliphatic carbocycles. The molecular weight excluding hydrogens is 524 g/mol. The van der Waals surface area contributed by atoms with Crippen LogP contribution in [-0.2, 0) is 14.8 Å². The minimum absolute atomic E-state index is 0.0880. The Kier molecular flexibility index (Phi) is 7.66. The molecule has 3 aromatic rings. The molecule has 12 heteroatoms. The van der Waals surface area contributed by atoms with Crippen molar-refractivity contribution in [1.82, 2.24) is 0 Å². The van der Waals surface area contributed by atoms with Gasteiger partial charge in [0, 0.05) is 16.3 Å². The van der Waals surface area contributed by atoms with Crippen LogP contribution in [0.4, 0.5) is 20.2 Å². The number of nitriles is 1. The highest BCUT2D eigenvalue weighted by Crippen LogP contribution is 2.33. The molecule has 0 bridgehead atoms. The van der Waals surface area contributed by atoms with Crippen molar-refractivity contribution >= 4 is 45.1 Å². The molecule has 0 fully saturated rings. The first-order valence-electron chi connectivity index (χ1n) is 10.7. The zero-order valence-corrected chi connectivity index (χ0v) is 20.8. The summed E-state index contributed by atoms with van der Waals surface area (Å²) in [5.74, 6) is -2.26. The molecule has 37 heavy (non-hydrogen) atoms. The Morgan fingerprint density at radius 2 is 1.76 bits per heavy atom. The van der Waals surface area contributed by atoms with Crippen LogP contribution in [0.5, 0.6) is 11.5 Å². The van der Waals surface area contributed by atoms with Crippen LogP contribution >= 0.6 is 11.8 Å². The van der Waals surface area contributed by atoms with Crippen LogP contribution in [0, 0.1) is 18.3 Å². The van der Waals surface area contributed by atoms with E-state index >= 15 is 0 Å². The Labute approximate surface area is 216 Å². The molecule has 3 aromatic carbocycles. The molecule has 1 aliphatic heterocycles. The van der Waals surface area contributed by atoms with E-state index in [0.717, 1.165) is 0 Å². The number of anilines is 2. The second-order valence-electron chi connectivity index (χ2n) is 7.73. The highest BCUT2D eigenvalue weighted by molar-refractivity contribution is 7.99. The lowest BCUT2D eigenvalue weighted by Crippen LogP contribution is -2.17. The number of fused-ring (bicyclic) bond motifs is 1. The number of thioether (sulfide) groups is 1. The summed E-state index contributed by atoms with van der Waals surface area (Å²) in [6.45, 7) is 1.67. The van der Waals surface area contributed by atoms with Crippen molar-refractivity contribution in [2.24, 2.45) is 0 Å². The Hall–Kier alpha value is -4.08. The van der Waals surface area contributed by atoms with Gasteiger partial charge in [-0.3, -0.25) is 9.52 Å². The maximum Gasteiger partial charge on any atom is 0.288 e. The number of benzene rings is 3. The molecule has 4 rings (SSSR count).